The maximum atomic E-state index is 10.6. The molecule has 15 heavy (non-hydrogen) atoms. The Bertz CT molecular complexity index is 211. The van der Waals surface area contributed by atoms with Crippen LogP contribution in [0.3, 0.4) is 0 Å². The zero-order valence-corrected chi connectivity index (χ0v) is 9.37. The van der Waals surface area contributed by atoms with Gasteiger partial charge in [-0.1, -0.05) is 32.1 Å². The van der Waals surface area contributed by atoms with E-state index in [-0.39, 0.29) is 0 Å². The van der Waals surface area contributed by atoms with Crippen LogP contribution in [-0.2, 0) is 4.74 Å². The van der Waals surface area contributed by atoms with Gasteiger partial charge in [0.2, 0.25) is 0 Å². The number of carbonyl (C=O) groups is 1. The number of carbonyl (C=O) groups excluding carboxylic acids is 1. The minimum absolute atomic E-state index is 0.510. The molecule has 0 atom stereocenters. The second-order valence-electron chi connectivity index (χ2n) is 4.00. The summed E-state index contributed by atoms with van der Waals surface area (Å²) >= 11 is 0. The van der Waals surface area contributed by atoms with Gasteiger partial charge in [-0.25, -0.2) is 10.2 Å². The monoisotopic (exact) mass is 212 g/mol. The summed E-state index contributed by atoms with van der Waals surface area (Å²) in [5.41, 5.74) is 2.28. The third-order valence-corrected chi connectivity index (χ3v) is 2.86. The number of hydrogen-bond acceptors (Lipinski definition) is 3. The van der Waals surface area contributed by atoms with Crippen molar-refractivity contribution in [1.29, 1.82) is 0 Å². The predicted octanol–water partition coefficient (Wildman–Crippen LogP) is 2.69. The largest absolute Gasteiger partial charge is 0.452 e. The Morgan fingerprint density at radius 2 is 2.20 bits per heavy atom. The lowest BCUT2D eigenvalue weighted by Crippen LogP contribution is -2.16. The molecule has 0 aromatic carbocycles. The van der Waals surface area contributed by atoms with Crippen LogP contribution in [0.5, 0.6) is 0 Å². The number of rotatable bonds is 4. The molecule has 4 heteroatoms. The fourth-order valence-electron chi connectivity index (χ4n) is 1.99. The van der Waals surface area contributed by atoms with Gasteiger partial charge in [-0.05, 0) is 18.8 Å². The quantitative estimate of drug-likeness (QED) is 0.575. The normalized spacial score (nSPS) is 17.9. The molecule has 0 bridgehead atoms. The molecule has 0 aromatic heterocycles. The summed E-state index contributed by atoms with van der Waals surface area (Å²) in [6.45, 7) is 0. The summed E-state index contributed by atoms with van der Waals surface area (Å²) in [6, 6.07) is 0. The lowest BCUT2D eigenvalue weighted by molar-refractivity contribution is 0.171. The highest BCUT2D eigenvalue weighted by Crippen LogP contribution is 2.26. The van der Waals surface area contributed by atoms with Crippen LogP contribution in [0.2, 0.25) is 0 Å². The number of methoxy groups -OCH3 is 1. The summed E-state index contributed by atoms with van der Waals surface area (Å²) in [7, 11) is 1.33. The van der Waals surface area contributed by atoms with Crippen LogP contribution < -0.4 is 5.43 Å². The summed E-state index contributed by atoms with van der Waals surface area (Å²) in [4.78, 5) is 10.6. The predicted molar refractivity (Wildman–Crippen MR) is 59.8 cm³/mol. The van der Waals surface area contributed by atoms with Crippen LogP contribution >= 0.6 is 0 Å². The minimum Gasteiger partial charge on any atom is -0.452 e. The van der Waals surface area contributed by atoms with Gasteiger partial charge < -0.3 is 4.74 Å². The topological polar surface area (TPSA) is 50.7 Å². The molecule has 1 aliphatic rings. The Kier molecular flexibility index (Phi) is 5.81. The van der Waals surface area contributed by atoms with Crippen molar-refractivity contribution in [2.75, 3.05) is 7.11 Å². The highest BCUT2D eigenvalue weighted by atomic mass is 16.5. The first-order valence-corrected chi connectivity index (χ1v) is 5.68. The Labute approximate surface area is 91.1 Å². The van der Waals surface area contributed by atoms with E-state index in [2.05, 4.69) is 15.3 Å². The van der Waals surface area contributed by atoms with Gasteiger partial charge in [0.15, 0.2) is 0 Å². The van der Waals surface area contributed by atoms with Crippen LogP contribution in [0.25, 0.3) is 0 Å². The molecule has 1 N–H and O–H groups in total. The molecule has 86 valence electrons. The summed E-state index contributed by atoms with van der Waals surface area (Å²) in [6.07, 6.45) is 10.2. The first kappa shape index (κ1) is 12.0. The Morgan fingerprint density at radius 3 is 2.87 bits per heavy atom. The number of hydrogen-bond donors (Lipinski definition) is 1. The molecule has 0 spiro atoms. The average molecular weight is 212 g/mol. The highest BCUT2D eigenvalue weighted by Gasteiger charge is 2.11. The van der Waals surface area contributed by atoms with E-state index in [0.29, 0.717) is 0 Å². The van der Waals surface area contributed by atoms with Gasteiger partial charge in [0.1, 0.15) is 0 Å². The zero-order chi connectivity index (χ0) is 10.9. The molecule has 1 amide bonds. The molecule has 1 fully saturated rings. The molecule has 1 aliphatic carbocycles. The van der Waals surface area contributed by atoms with E-state index in [4.69, 9.17) is 0 Å². The standard InChI is InChI=1S/C11H20N2O2/c1-15-11(14)13-12-9-5-8-10-6-3-2-4-7-10/h9-10H,2-8H2,1H3,(H,13,14). The molecular weight excluding hydrogens is 192 g/mol. The van der Waals surface area contributed by atoms with Crippen molar-refractivity contribution >= 4 is 12.3 Å². The van der Waals surface area contributed by atoms with Gasteiger partial charge >= 0.3 is 6.09 Å². The van der Waals surface area contributed by atoms with Gasteiger partial charge in [0, 0.05) is 6.21 Å². The van der Waals surface area contributed by atoms with Crippen molar-refractivity contribution in [3.05, 3.63) is 0 Å². The van der Waals surface area contributed by atoms with Crippen LogP contribution in [0.4, 0.5) is 4.79 Å². The molecule has 0 heterocycles. The number of ether oxygens (including phenoxy) is 1. The van der Waals surface area contributed by atoms with Crippen molar-refractivity contribution in [2.24, 2.45) is 11.0 Å². The van der Waals surface area contributed by atoms with E-state index in [1.54, 1.807) is 6.21 Å². The van der Waals surface area contributed by atoms with Crippen LogP contribution in [0.1, 0.15) is 44.9 Å². The maximum absolute atomic E-state index is 10.6. The molecule has 0 saturated heterocycles. The molecule has 0 unspecified atom stereocenters. The minimum atomic E-state index is -0.510. The molecule has 0 radical (unpaired) electrons. The van der Waals surface area contributed by atoms with Gasteiger partial charge in [-0.3, -0.25) is 0 Å². The maximum Gasteiger partial charge on any atom is 0.427 e. The van der Waals surface area contributed by atoms with Crippen molar-refractivity contribution in [1.82, 2.24) is 5.43 Å². The first-order valence-electron chi connectivity index (χ1n) is 5.68. The summed E-state index contributed by atoms with van der Waals surface area (Å²) in [5, 5.41) is 3.78. The van der Waals surface area contributed by atoms with Crippen LogP contribution in [0, 0.1) is 5.92 Å². The number of amides is 1. The highest BCUT2D eigenvalue weighted by molar-refractivity contribution is 5.68. The van der Waals surface area contributed by atoms with E-state index in [9.17, 15) is 4.79 Å². The number of nitrogens with one attached hydrogen (secondary N) is 1. The Hall–Kier alpha value is -1.06. The van der Waals surface area contributed by atoms with Crippen molar-refractivity contribution in [3.8, 4) is 0 Å². The number of nitrogens with zero attached hydrogens (tertiary/aromatic N) is 1. The van der Waals surface area contributed by atoms with Gasteiger partial charge in [-0.15, -0.1) is 0 Å². The lowest BCUT2D eigenvalue weighted by atomic mass is 9.86. The van der Waals surface area contributed by atoms with Crippen molar-refractivity contribution in [3.63, 3.8) is 0 Å². The van der Waals surface area contributed by atoms with Gasteiger partial charge in [0.25, 0.3) is 0 Å². The van der Waals surface area contributed by atoms with E-state index in [1.807, 2.05) is 0 Å². The Balaban J connectivity index is 2.02. The second-order valence-corrected chi connectivity index (χ2v) is 4.00. The fraction of sp³-hybridized carbons (Fsp3) is 0.818. The fourth-order valence-corrected chi connectivity index (χ4v) is 1.99. The van der Waals surface area contributed by atoms with E-state index >= 15 is 0 Å². The average Bonchev–Trinajstić information content (AvgIpc) is 2.29. The van der Waals surface area contributed by atoms with Crippen LogP contribution in [-0.4, -0.2) is 19.4 Å². The smallest absolute Gasteiger partial charge is 0.427 e. The van der Waals surface area contributed by atoms with Crippen LogP contribution in [0.15, 0.2) is 5.10 Å². The third-order valence-electron chi connectivity index (χ3n) is 2.86. The molecule has 0 aromatic rings. The van der Waals surface area contributed by atoms with E-state index in [0.717, 1.165) is 12.3 Å². The lowest BCUT2D eigenvalue weighted by Gasteiger charge is -2.20. The van der Waals surface area contributed by atoms with E-state index in [1.165, 1.54) is 45.6 Å². The zero-order valence-electron chi connectivity index (χ0n) is 9.37. The summed E-state index contributed by atoms with van der Waals surface area (Å²) < 4.78 is 4.38. The molecule has 1 rings (SSSR count). The first-order chi connectivity index (χ1) is 7.33. The van der Waals surface area contributed by atoms with Crippen molar-refractivity contribution in [2.45, 2.75) is 44.9 Å². The molecular formula is C11H20N2O2. The Morgan fingerprint density at radius 1 is 1.47 bits per heavy atom. The third kappa shape index (κ3) is 5.40. The second kappa shape index (κ2) is 7.26. The van der Waals surface area contributed by atoms with Gasteiger partial charge in [-0.2, -0.15) is 5.10 Å². The van der Waals surface area contributed by atoms with Crippen molar-refractivity contribution < 1.29 is 9.53 Å². The SMILES string of the molecule is COC(=O)NN=CCCC1CCCCC1. The molecule has 4 nitrogen and oxygen atoms in total. The summed E-state index contributed by atoms with van der Waals surface area (Å²) in [5.74, 6) is 0.864. The van der Waals surface area contributed by atoms with Gasteiger partial charge in [0.05, 0.1) is 7.11 Å². The number of hydrazone groups is 1. The van der Waals surface area contributed by atoms with E-state index < -0.39 is 6.09 Å². The molecule has 0 aliphatic heterocycles. The molecule has 1 saturated carbocycles.